The van der Waals surface area contributed by atoms with Crippen molar-refractivity contribution in [2.75, 3.05) is 19.0 Å². The van der Waals surface area contributed by atoms with Crippen molar-refractivity contribution in [1.29, 1.82) is 5.26 Å². The summed E-state index contributed by atoms with van der Waals surface area (Å²) in [5.41, 5.74) is 1.26. The minimum Gasteiger partial charge on any atom is -0.494 e. The van der Waals surface area contributed by atoms with Crippen LogP contribution in [0.3, 0.4) is 0 Å². The van der Waals surface area contributed by atoms with Gasteiger partial charge in [-0.25, -0.2) is 9.97 Å². The van der Waals surface area contributed by atoms with Crippen molar-refractivity contribution >= 4 is 11.8 Å². The maximum atomic E-state index is 9.23. The normalized spacial score (nSPS) is 10.2. The molecule has 5 nitrogen and oxygen atoms in total. The van der Waals surface area contributed by atoms with E-state index in [1.54, 1.807) is 0 Å². The Balaban J connectivity index is 1.84. The quantitative estimate of drug-likeness (QED) is 0.411. The molecule has 1 aromatic heterocycles. The Morgan fingerprint density at radius 3 is 2.25 bits per heavy atom. The van der Waals surface area contributed by atoms with Gasteiger partial charge in [0.05, 0.1) is 18.9 Å². The van der Waals surface area contributed by atoms with Gasteiger partial charge in [0.1, 0.15) is 34.0 Å². The third-order valence-corrected chi connectivity index (χ3v) is 4.11. The van der Waals surface area contributed by atoms with E-state index in [0.29, 0.717) is 23.7 Å². The van der Waals surface area contributed by atoms with Crippen molar-refractivity contribution in [3.05, 3.63) is 41.3 Å². The lowest BCUT2D eigenvalue weighted by Crippen LogP contribution is -2.03. The van der Waals surface area contributed by atoms with Gasteiger partial charge in [0, 0.05) is 5.75 Å². The predicted octanol–water partition coefficient (Wildman–Crippen LogP) is 3.93. The van der Waals surface area contributed by atoms with Crippen LogP contribution in [0.15, 0.2) is 29.3 Å². The van der Waals surface area contributed by atoms with E-state index in [4.69, 9.17) is 9.47 Å². The molecule has 0 spiro atoms. The molecule has 0 bridgehead atoms. The molecule has 0 aliphatic carbocycles. The first-order chi connectivity index (χ1) is 11.6. The van der Waals surface area contributed by atoms with Crippen LogP contribution in [0.2, 0.25) is 0 Å². The van der Waals surface area contributed by atoms with E-state index < -0.39 is 0 Å². The number of thioether (sulfide) groups is 1. The summed E-state index contributed by atoms with van der Waals surface area (Å²) in [6, 6.07) is 9.78. The second-order valence-corrected chi connectivity index (χ2v) is 6.25. The monoisotopic (exact) mass is 343 g/mol. The van der Waals surface area contributed by atoms with Crippen molar-refractivity contribution in [3.63, 3.8) is 0 Å². The number of nitrogens with zero attached hydrogens (tertiary/aromatic N) is 3. The van der Waals surface area contributed by atoms with Crippen LogP contribution in [-0.2, 0) is 0 Å². The fraction of sp³-hybridized carbons (Fsp3) is 0.389. The summed E-state index contributed by atoms with van der Waals surface area (Å²) in [4.78, 5) is 8.57. The number of ether oxygens (including phenoxy) is 2. The summed E-state index contributed by atoms with van der Waals surface area (Å²) in [6.45, 7) is 6.99. The van der Waals surface area contributed by atoms with Crippen LogP contribution in [0.5, 0.6) is 11.5 Å². The van der Waals surface area contributed by atoms with Crippen molar-refractivity contribution in [2.24, 2.45) is 0 Å². The number of rotatable bonds is 8. The zero-order valence-electron chi connectivity index (χ0n) is 14.2. The summed E-state index contributed by atoms with van der Waals surface area (Å²) in [6.07, 6.45) is 0.988. The lowest BCUT2D eigenvalue weighted by atomic mass is 10.3. The molecule has 0 saturated heterocycles. The number of benzene rings is 1. The van der Waals surface area contributed by atoms with Gasteiger partial charge in [0.25, 0.3) is 0 Å². The van der Waals surface area contributed by atoms with Crippen molar-refractivity contribution in [1.82, 2.24) is 9.97 Å². The Labute approximate surface area is 147 Å². The summed E-state index contributed by atoms with van der Waals surface area (Å²) in [5, 5.41) is 9.94. The first-order valence-electron chi connectivity index (χ1n) is 7.87. The standard InChI is InChI=1S/C18H21N3O2S/c1-4-9-22-15-5-7-16(8-6-15)23-10-11-24-18-17(12-19)13(2)20-14(3)21-18/h5-8H,4,9-11H2,1-3H3. The van der Waals surface area contributed by atoms with Gasteiger partial charge in [0.15, 0.2) is 0 Å². The van der Waals surface area contributed by atoms with Crippen LogP contribution >= 0.6 is 11.8 Å². The Hall–Kier alpha value is -2.26. The summed E-state index contributed by atoms with van der Waals surface area (Å²) < 4.78 is 11.3. The van der Waals surface area contributed by atoms with Crippen LogP contribution in [0, 0.1) is 25.2 Å². The molecule has 0 atom stereocenters. The molecule has 0 saturated carbocycles. The SMILES string of the molecule is CCCOc1ccc(OCCSc2nc(C)nc(C)c2C#N)cc1. The predicted molar refractivity (Wildman–Crippen MR) is 94.7 cm³/mol. The van der Waals surface area contributed by atoms with Crippen LogP contribution in [0.4, 0.5) is 0 Å². The number of hydrogen-bond donors (Lipinski definition) is 0. The second kappa shape index (κ2) is 9.14. The smallest absolute Gasteiger partial charge is 0.126 e. The topological polar surface area (TPSA) is 68.0 Å². The minimum atomic E-state index is 0.535. The highest BCUT2D eigenvalue weighted by atomic mass is 32.2. The molecule has 0 fully saturated rings. The molecular formula is C18H21N3O2S. The van der Waals surface area contributed by atoms with Crippen molar-refractivity contribution in [3.8, 4) is 17.6 Å². The van der Waals surface area contributed by atoms with E-state index in [9.17, 15) is 5.26 Å². The number of hydrogen-bond acceptors (Lipinski definition) is 6. The van der Waals surface area contributed by atoms with Crippen LogP contribution in [0.1, 0.15) is 30.4 Å². The molecular weight excluding hydrogens is 322 g/mol. The highest BCUT2D eigenvalue weighted by Gasteiger charge is 2.10. The lowest BCUT2D eigenvalue weighted by molar-refractivity contribution is 0.314. The Morgan fingerprint density at radius 1 is 1.04 bits per heavy atom. The summed E-state index contributed by atoms with van der Waals surface area (Å²) in [7, 11) is 0. The zero-order chi connectivity index (χ0) is 17.4. The van der Waals surface area contributed by atoms with Crippen LogP contribution in [0.25, 0.3) is 0 Å². The van der Waals surface area contributed by atoms with Gasteiger partial charge in [-0.2, -0.15) is 5.26 Å². The van der Waals surface area contributed by atoms with E-state index in [0.717, 1.165) is 35.2 Å². The molecule has 2 aromatic rings. The highest BCUT2D eigenvalue weighted by Crippen LogP contribution is 2.23. The largest absolute Gasteiger partial charge is 0.494 e. The maximum Gasteiger partial charge on any atom is 0.126 e. The Bertz CT molecular complexity index is 711. The lowest BCUT2D eigenvalue weighted by Gasteiger charge is -2.09. The van der Waals surface area contributed by atoms with Gasteiger partial charge in [-0.05, 0) is 44.5 Å². The molecule has 1 aromatic carbocycles. The molecule has 0 unspecified atom stereocenters. The van der Waals surface area contributed by atoms with E-state index in [-0.39, 0.29) is 0 Å². The molecule has 2 rings (SSSR count). The summed E-state index contributed by atoms with van der Waals surface area (Å²) in [5.74, 6) is 3.04. The molecule has 0 aliphatic rings. The molecule has 0 N–H and O–H groups in total. The Kier molecular flexibility index (Phi) is 6.89. The molecule has 24 heavy (non-hydrogen) atoms. The van der Waals surface area contributed by atoms with Gasteiger partial charge >= 0.3 is 0 Å². The van der Waals surface area contributed by atoms with Crippen molar-refractivity contribution in [2.45, 2.75) is 32.2 Å². The zero-order valence-corrected chi connectivity index (χ0v) is 15.0. The highest BCUT2D eigenvalue weighted by molar-refractivity contribution is 7.99. The number of nitriles is 1. The van der Waals surface area contributed by atoms with Gasteiger partial charge in [0.2, 0.25) is 0 Å². The van der Waals surface area contributed by atoms with Gasteiger partial charge in [-0.15, -0.1) is 11.8 Å². The number of aromatic nitrogens is 2. The van der Waals surface area contributed by atoms with Crippen molar-refractivity contribution < 1.29 is 9.47 Å². The fourth-order valence-corrected chi connectivity index (χ4v) is 2.96. The molecule has 0 amide bonds. The molecule has 126 valence electrons. The fourth-order valence-electron chi connectivity index (χ4n) is 2.06. The Morgan fingerprint density at radius 2 is 1.67 bits per heavy atom. The molecule has 6 heteroatoms. The van der Waals surface area contributed by atoms with Crippen LogP contribution in [-0.4, -0.2) is 28.9 Å². The van der Waals surface area contributed by atoms with E-state index >= 15 is 0 Å². The second-order valence-electron chi connectivity index (χ2n) is 5.16. The van der Waals surface area contributed by atoms with Gasteiger partial charge < -0.3 is 9.47 Å². The van der Waals surface area contributed by atoms with Gasteiger partial charge in [-0.3, -0.25) is 0 Å². The average molecular weight is 343 g/mol. The first-order valence-corrected chi connectivity index (χ1v) is 8.86. The third-order valence-electron chi connectivity index (χ3n) is 3.17. The summed E-state index contributed by atoms with van der Waals surface area (Å²) >= 11 is 1.51. The first kappa shape index (κ1) is 18.1. The van der Waals surface area contributed by atoms with E-state index in [1.807, 2.05) is 38.1 Å². The molecule has 0 aliphatic heterocycles. The van der Waals surface area contributed by atoms with Crippen LogP contribution < -0.4 is 9.47 Å². The minimum absolute atomic E-state index is 0.535. The third kappa shape index (κ3) is 5.14. The van der Waals surface area contributed by atoms with E-state index in [2.05, 4.69) is 23.0 Å². The molecule has 1 heterocycles. The average Bonchev–Trinajstić information content (AvgIpc) is 2.57. The number of aryl methyl sites for hydroxylation is 2. The van der Waals surface area contributed by atoms with E-state index in [1.165, 1.54) is 11.8 Å². The van der Waals surface area contributed by atoms with Gasteiger partial charge in [-0.1, -0.05) is 6.92 Å². The maximum absolute atomic E-state index is 9.23. The molecule has 0 radical (unpaired) electrons.